The van der Waals surface area contributed by atoms with Gasteiger partial charge in [0.15, 0.2) is 0 Å². The molecule has 1 N–H and O–H groups in total. The Balaban J connectivity index is 3.45. The SMILES string of the molecule is C=C(C)CCCC(C)(C)CO. The van der Waals surface area contributed by atoms with Crippen molar-refractivity contribution < 1.29 is 5.11 Å². The van der Waals surface area contributed by atoms with Crippen LogP contribution in [-0.2, 0) is 0 Å². The van der Waals surface area contributed by atoms with Gasteiger partial charge in [0.05, 0.1) is 0 Å². The first-order chi connectivity index (χ1) is 4.98. The minimum absolute atomic E-state index is 0.0927. The van der Waals surface area contributed by atoms with Crippen LogP contribution in [0.15, 0.2) is 12.2 Å². The summed E-state index contributed by atoms with van der Waals surface area (Å²) in [6.45, 7) is 10.3. The largest absolute Gasteiger partial charge is 0.396 e. The zero-order valence-corrected chi connectivity index (χ0v) is 7.98. The minimum Gasteiger partial charge on any atom is -0.396 e. The van der Waals surface area contributed by atoms with Crippen LogP contribution >= 0.6 is 0 Å². The number of aliphatic hydroxyl groups is 1. The molecule has 0 aliphatic heterocycles. The Morgan fingerprint density at radius 3 is 2.36 bits per heavy atom. The predicted molar refractivity (Wildman–Crippen MR) is 49.5 cm³/mol. The summed E-state index contributed by atoms with van der Waals surface area (Å²) in [4.78, 5) is 0. The second-order valence-electron chi connectivity index (χ2n) is 4.13. The Morgan fingerprint density at radius 2 is 2.00 bits per heavy atom. The van der Waals surface area contributed by atoms with Crippen molar-refractivity contribution in [2.75, 3.05) is 6.61 Å². The average Bonchev–Trinajstić information content (AvgIpc) is 1.87. The van der Waals surface area contributed by atoms with Crippen LogP contribution in [0.5, 0.6) is 0 Å². The topological polar surface area (TPSA) is 20.2 Å². The second kappa shape index (κ2) is 4.55. The van der Waals surface area contributed by atoms with E-state index in [2.05, 4.69) is 20.4 Å². The van der Waals surface area contributed by atoms with E-state index in [9.17, 15) is 0 Å². The van der Waals surface area contributed by atoms with E-state index in [1.807, 2.05) is 6.92 Å². The number of hydrogen-bond acceptors (Lipinski definition) is 1. The summed E-state index contributed by atoms with van der Waals surface area (Å²) in [6.07, 6.45) is 3.31. The third kappa shape index (κ3) is 6.11. The molecule has 0 unspecified atom stereocenters. The van der Waals surface area contributed by atoms with Crippen LogP contribution in [-0.4, -0.2) is 11.7 Å². The average molecular weight is 156 g/mol. The highest BCUT2D eigenvalue weighted by Gasteiger charge is 2.14. The van der Waals surface area contributed by atoms with Gasteiger partial charge in [-0.2, -0.15) is 0 Å². The molecule has 0 aromatic rings. The Kier molecular flexibility index (Phi) is 4.43. The summed E-state index contributed by atoms with van der Waals surface area (Å²) in [6, 6.07) is 0. The van der Waals surface area contributed by atoms with Crippen molar-refractivity contribution in [2.24, 2.45) is 5.41 Å². The first-order valence-electron chi connectivity index (χ1n) is 4.23. The molecule has 0 spiro atoms. The highest BCUT2D eigenvalue weighted by atomic mass is 16.3. The fourth-order valence-corrected chi connectivity index (χ4v) is 0.948. The van der Waals surface area contributed by atoms with Crippen LogP contribution in [0, 0.1) is 5.41 Å². The molecule has 0 aliphatic carbocycles. The Morgan fingerprint density at radius 1 is 1.45 bits per heavy atom. The Bertz CT molecular complexity index is 125. The summed E-state index contributed by atoms with van der Waals surface area (Å²) in [5.74, 6) is 0. The molecular weight excluding hydrogens is 136 g/mol. The third-order valence-corrected chi connectivity index (χ3v) is 1.89. The van der Waals surface area contributed by atoms with Gasteiger partial charge in [0, 0.05) is 6.61 Å². The maximum atomic E-state index is 8.94. The van der Waals surface area contributed by atoms with Crippen LogP contribution < -0.4 is 0 Å². The molecule has 1 nitrogen and oxygen atoms in total. The van der Waals surface area contributed by atoms with Crippen LogP contribution in [0.1, 0.15) is 40.0 Å². The van der Waals surface area contributed by atoms with E-state index in [-0.39, 0.29) is 12.0 Å². The zero-order chi connectivity index (χ0) is 8.91. The van der Waals surface area contributed by atoms with Gasteiger partial charge in [0.2, 0.25) is 0 Å². The molecule has 0 saturated heterocycles. The number of hydrogen-bond donors (Lipinski definition) is 1. The lowest BCUT2D eigenvalue weighted by atomic mass is 9.88. The van der Waals surface area contributed by atoms with E-state index >= 15 is 0 Å². The fourth-order valence-electron chi connectivity index (χ4n) is 0.948. The quantitative estimate of drug-likeness (QED) is 0.607. The summed E-state index contributed by atoms with van der Waals surface area (Å²) >= 11 is 0. The smallest absolute Gasteiger partial charge is 0.0482 e. The van der Waals surface area contributed by atoms with Gasteiger partial charge in [-0.05, 0) is 31.6 Å². The molecule has 66 valence electrons. The van der Waals surface area contributed by atoms with Crippen molar-refractivity contribution in [3.05, 3.63) is 12.2 Å². The lowest BCUT2D eigenvalue weighted by molar-refractivity contribution is 0.148. The van der Waals surface area contributed by atoms with E-state index in [1.165, 1.54) is 5.57 Å². The number of allylic oxidation sites excluding steroid dienone is 1. The van der Waals surface area contributed by atoms with Gasteiger partial charge in [-0.15, -0.1) is 6.58 Å². The predicted octanol–water partition coefficient (Wildman–Crippen LogP) is 2.75. The Labute approximate surface area is 70.1 Å². The molecule has 0 aromatic heterocycles. The summed E-state index contributed by atoms with van der Waals surface area (Å²) in [5.41, 5.74) is 1.33. The van der Waals surface area contributed by atoms with Gasteiger partial charge in [0.25, 0.3) is 0 Å². The van der Waals surface area contributed by atoms with Crippen molar-refractivity contribution >= 4 is 0 Å². The first-order valence-corrected chi connectivity index (χ1v) is 4.23. The van der Waals surface area contributed by atoms with E-state index in [0.717, 1.165) is 19.3 Å². The summed E-state index contributed by atoms with van der Waals surface area (Å²) in [7, 11) is 0. The molecule has 0 fully saturated rings. The minimum atomic E-state index is 0.0927. The number of aliphatic hydroxyl groups excluding tert-OH is 1. The molecule has 0 aliphatic rings. The third-order valence-electron chi connectivity index (χ3n) is 1.89. The van der Waals surface area contributed by atoms with Crippen molar-refractivity contribution in [1.29, 1.82) is 0 Å². The lowest BCUT2D eigenvalue weighted by Gasteiger charge is -2.20. The van der Waals surface area contributed by atoms with Crippen LogP contribution in [0.4, 0.5) is 0 Å². The highest BCUT2D eigenvalue weighted by molar-refractivity contribution is 4.87. The van der Waals surface area contributed by atoms with Crippen molar-refractivity contribution in [2.45, 2.75) is 40.0 Å². The fraction of sp³-hybridized carbons (Fsp3) is 0.800. The van der Waals surface area contributed by atoms with Gasteiger partial charge < -0.3 is 5.11 Å². The van der Waals surface area contributed by atoms with E-state index in [1.54, 1.807) is 0 Å². The highest BCUT2D eigenvalue weighted by Crippen LogP contribution is 2.22. The standard InChI is InChI=1S/C10H20O/c1-9(2)6-5-7-10(3,4)8-11/h11H,1,5-8H2,2-4H3. The molecule has 0 saturated carbocycles. The monoisotopic (exact) mass is 156 g/mol. The summed E-state index contributed by atoms with van der Waals surface area (Å²) in [5, 5.41) is 8.94. The van der Waals surface area contributed by atoms with Gasteiger partial charge in [0.1, 0.15) is 0 Å². The van der Waals surface area contributed by atoms with Crippen molar-refractivity contribution in [3.63, 3.8) is 0 Å². The van der Waals surface area contributed by atoms with Gasteiger partial charge >= 0.3 is 0 Å². The van der Waals surface area contributed by atoms with Crippen LogP contribution in [0.25, 0.3) is 0 Å². The van der Waals surface area contributed by atoms with Gasteiger partial charge in [-0.3, -0.25) is 0 Å². The molecule has 0 bridgehead atoms. The molecule has 0 atom stereocenters. The first kappa shape index (κ1) is 10.7. The maximum absolute atomic E-state index is 8.94. The normalized spacial score (nSPS) is 11.6. The van der Waals surface area contributed by atoms with Gasteiger partial charge in [-0.25, -0.2) is 0 Å². The Hall–Kier alpha value is -0.300. The van der Waals surface area contributed by atoms with Crippen molar-refractivity contribution in [3.8, 4) is 0 Å². The maximum Gasteiger partial charge on any atom is 0.0482 e. The number of rotatable bonds is 5. The molecule has 0 heterocycles. The van der Waals surface area contributed by atoms with Crippen molar-refractivity contribution in [1.82, 2.24) is 0 Å². The van der Waals surface area contributed by atoms with Crippen LogP contribution in [0.2, 0.25) is 0 Å². The molecule has 0 rings (SSSR count). The molecule has 0 aromatic carbocycles. The van der Waals surface area contributed by atoms with E-state index in [4.69, 9.17) is 5.11 Å². The molecule has 1 heteroatoms. The zero-order valence-electron chi connectivity index (χ0n) is 7.98. The van der Waals surface area contributed by atoms with E-state index in [0.29, 0.717) is 0 Å². The summed E-state index contributed by atoms with van der Waals surface area (Å²) < 4.78 is 0. The lowest BCUT2D eigenvalue weighted by Crippen LogP contribution is -2.16. The van der Waals surface area contributed by atoms with E-state index < -0.39 is 0 Å². The van der Waals surface area contributed by atoms with Crippen LogP contribution in [0.3, 0.4) is 0 Å². The molecule has 11 heavy (non-hydrogen) atoms. The van der Waals surface area contributed by atoms with Gasteiger partial charge in [-0.1, -0.05) is 19.4 Å². The molecule has 0 amide bonds. The molecular formula is C10H20O. The molecule has 0 radical (unpaired) electrons. The second-order valence-corrected chi connectivity index (χ2v) is 4.13.